The molecule has 0 unspecified atom stereocenters. The zero-order valence-corrected chi connectivity index (χ0v) is 20.1. The Balaban J connectivity index is 1.80. The topological polar surface area (TPSA) is 88.7 Å². The van der Waals surface area contributed by atoms with Gasteiger partial charge in [-0.15, -0.1) is 0 Å². The predicted molar refractivity (Wildman–Crippen MR) is 127 cm³/mol. The fraction of sp³-hybridized carbons (Fsp3) is 0.318. The number of carbonyl (C=O) groups is 2. The second-order valence-electron chi connectivity index (χ2n) is 6.93. The molecule has 0 atom stereocenters. The first-order chi connectivity index (χ1) is 14.8. The molecule has 2 rings (SSSR count). The minimum absolute atomic E-state index is 0.0386. The lowest BCUT2D eigenvalue weighted by atomic mass is 10.0. The van der Waals surface area contributed by atoms with Crippen LogP contribution in [-0.2, 0) is 4.79 Å². The maximum atomic E-state index is 12.4. The molecule has 2 aromatic carbocycles. The summed E-state index contributed by atoms with van der Waals surface area (Å²) in [5, 5.41) is 2.46. The molecule has 0 spiro atoms. The highest BCUT2D eigenvalue weighted by Gasteiger charge is 2.12. The second kappa shape index (κ2) is 12.3. The molecule has 0 aliphatic rings. The number of rotatable bonds is 8. The Labute approximate surface area is 196 Å². The van der Waals surface area contributed by atoms with Gasteiger partial charge in [0.25, 0.3) is 11.8 Å². The zero-order chi connectivity index (χ0) is 22.8. The van der Waals surface area contributed by atoms with Crippen molar-refractivity contribution in [2.45, 2.75) is 33.1 Å². The van der Waals surface area contributed by atoms with Crippen LogP contribution in [0.5, 0.6) is 11.5 Å². The number of ether oxygens (including phenoxy) is 2. The number of amides is 2. The van der Waals surface area contributed by atoms with E-state index in [9.17, 15) is 9.59 Å². The van der Waals surface area contributed by atoms with Crippen molar-refractivity contribution in [2.75, 3.05) is 13.2 Å². The minimum atomic E-state index is -0.435. The molecule has 0 radical (unpaired) electrons. The molecule has 2 aromatic rings. The van der Waals surface area contributed by atoms with Crippen LogP contribution in [0.1, 0.15) is 49.0 Å². The third-order valence-corrected chi connectivity index (χ3v) is 4.92. The number of hydrazine groups is 1. The van der Waals surface area contributed by atoms with E-state index in [1.807, 2.05) is 31.2 Å². The largest absolute Gasteiger partial charge is 0.492 e. The molecule has 9 heteroatoms. The number of nitrogens with one attached hydrogen (secondary N) is 3. The van der Waals surface area contributed by atoms with Crippen LogP contribution in [0.15, 0.2) is 46.9 Å². The van der Waals surface area contributed by atoms with Gasteiger partial charge in [0.05, 0.1) is 11.1 Å². The van der Waals surface area contributed by atoms with Crippen LogP contribution >= 0.6 is 28.1 Å². The maximum Gasteiger partial charge on any atom is 0.276 e. The van der Waals surface area contributed by atoms with Crippen molar-refractivity contribution in [3.63, 3.8) is 0 Å². The second-order valence-corrected chi connectivity index (χ2v) is 8.19. The number of thiocarbonyl (C=S) groups is 1. The van der Waals surface area contributed by atoms with Gasteiger partial charge in [-0.05, 0) is 70.3 Å². The van der Waals surface area contributed by atoms with Crippen molar-refractivity contribution in [3.05, 3.63) is 58.1 Å². The molecular weight excluding hydrogens is 482 g/mol. The average Bonchev–Trinajstić information content (AvgIpc) is 2.75. The van der Waals surface area contributed by atoms with Gasteiger partial charge in [0, 0.05) is 5.56 Å². The first-order valence-electron chi connectivity index (χ1n) is 9.86. The highest BCUT2D eigenvalue weighted by molar-refractivity contribution is 9.10. The van der Waals surface area contributed by atoms with E-state index in [4.69, 9.17) is 21.7 Å². The summed E-state index contributed by atoms with van der Waals surface area (Å²) in [4.78, 5) is 24.4. The summed E-state index contributed by atoms with van der Waals surface area (Å²) in [5.41, 5.74) is 6.30. The fourth-order valence-electron chi connectivity index (χ4n) is 2.57. The van der Waals surface area contributed by atoms with Crippen LogP contribution in [0.2, 0.25) is 0 Å². The number of hydrogen-bond donors (Lipinski definition) is 3. The van der Waals surface area contributed by atoms with Gasteiger partial charge < -0.3 is 9.47 Å². The lowest BCUT2D eigenvalue weighted by Crippen LogP contribution is -2.49. The zero-order valence-electron chi connectivity index (χ0n) is 17.7. The van der Waals surface area contributed by atoms with Crippen molar-refractivity contribution in [1.29, 1.82) is 0 Å². The van der Waals surface area contributed by atoms with Crippen LogP contribution in [0, 0.1) is 0 Å². The van der Waals surface area contributed by atoms with E-state index in [2.05, 4.69) is 45.9 Å². The highest BCUT2D eigenvalue weighted by atomic mass is 79.9. The lowest BCUT2D eigenvalue weighted by Gasteiger charge is -2.14. The third kappa shape index (κ3) is 7.84. The summed E-state index contributed by atoms with van der Waals surface area (Å²) >= 11 is 8.45. The molecule has 7 nitrogen and oxygen atoms in total. The van der Waals surface area contributed by atoms with Crippen molar-refractivity contribution < 1.29 is 19.1 Å². The molecule has 3 N–H and O–H groups in total. The maximum absolute atomic E-state index is 12.4. The van der Waals surface area contributed by atoms with E-state index in [-0.39, 0.29) is 17.6 Å². The van der Waals surface area contributed by atoms with Crippen LogP contribution in [0.25, 0.3) is 0 Å². The van der Waals surface area contributed by atoms with E-state index in [1.165, 1.54) is 0 Å². The molecule has 0 heterocycles. The Morgan fingerprint density at radius 2 is 1.81 bits per heavy atom. The molecule has 0 bridgehead atoms. The number of carbonyl (C=O) groups excluding carboxylic acids is 2. The first-order valence-corrected chi connectivity index (χ1v) is 11.1. The average molecular weight is 508 g/mol. The quantitative estimate of drug-likeness (QED) is 0.368. The molecule has 0 saturated heterocycles. The van der Waals surface area contributed by atoms with Gasteiger partial charge >= 0.3 is 0 Å². The molecule has 0 aliphatic heterocycles. The highest BCUT2D eigenvalue weighted by Crippen LogP contribution is 2.26. The molecule has 31 heavy (non-hydrogen) atoms. The van der Waals surface area contributed by atoms with E-state index < -0.39 is 11.8 Å². The van der Waals surface area contributed by atoms with E-state index >= 15 is 0 Å². The van der Waals surface area contributed by atoms with E-state index in [0.29, 0.717) is 28.1 Å². The van der Waals surface area contributed by atoms with Gasteiger partial charge in [0.15, 0.2) is 11.7 Å². The number of benzene rings is 2. The lowest BCUT2D eigenvalue weighted by molar-refractivity contribution is -0.123. The Bertz CT molecular complexity index is 937. The molecule has 2 amide bonds. The first kappa shape index (κ1) is 24.6. The number of halogens is 1. The normalized spacial score (nSPS) is 10.4. The van der Waals surface area contributed by atoms with Crippen molar-refractivity contribution in [3.8, 4) is 11.5 Å². The standard InChI is InChI=1S/C22H26BrN3O4S/c1-4-11-29-19-10-9-15(12-17(19)23)21(28)24-22(31)26-25-20(27)13-30-18-8-6-5-7-16(18)14(2)3/h5-10,12,14H,4,11,13H2,1-3H3,(H,25,27)(H2,24,26,28,31). The SMILES string of the molecule is CCCOc1ccc(C(=O)NC(=S)NNC(=O)COc2ccccc2C(C)C)cc1Br. The van der Waals surface area contributed by atoms with Gasteiger partial charge in [-0.1, -0.05) is 39.0 Å². The molecular formula is C22H26BrN3O4S. The monoisotopic (exact) mass is 507 g/mol. The Hall–Kier alpha value is -2.65. The number of hydrogen-bond acceptors (Lipinski definition) is 5. The smallest absolute Gasteiger partial charge is 0.276 e. The molecule has 0 fully saturated rings. The summed E-state index contributed by atoms with van der Waals surface area (Å²) < 4.78 is 11.8. The van der Waals surface area contributed by atoms with Crippen LogP contribution < -0.4 is 25.6 Å². The van der Waals surface area contributed by atoms with Crippen LogP contribution in [0.3, 0.4) is 0 Å². The van der Waals surface area contributed by atoms with E-state index in [1.54, 1.807) is 18.2 Å². The Kier molecular flexibility index (Phi) is 9.74. The van der Waals surface area contributed by atoms with Crippen LogP contribution in [-0.4, -0.2) is 30.1 Å². The van der Waals surface area contributed by atoms with Crippen molar-refractivity contribution in [2.24, 2.45) is 0 Å². The summed E-state index contributed by atoms with van der Waals surface area (Å²) in [6.45, 7) is 6.51. The fourth-order valence-corrected chi connectivity index (χ4v) is 3.21. The van der Waals surface area contributed by atoms with Crippen molar-refractivity contribution in [1.82, 2.24) is 16.2 Å². The van der Waals surface area contributed by atoms with Gasteiger partial charge in [-0.25, -0.2) is 0 Å². The summed E-state index contributed by atoms with van der Waals surface area (Å²) in [6.07, 6.45) is 0.885. The summed E-state index contributed by atoms with van der Waals surface area (Å²) in [5.74, 6) is 0.727. The van der Waals surface area contributed by atoms with Gasteiger partial charge in [0.1, 0.15) is 11.5 Å². The Morgan fingerprint density at radius 1 is 1.06 bits per heavy atom. The van der Waals surface area contributed by atoms with Crippen LogP contribution in [0.4, 0.5) is 0 Å². The molecule has 166 valence electrons. The molecule has 0 saturated carbocycles. The van der Waals surface area contributed by atoms with E-state index in [0.717, 1.165) is 12.0 Å². The minimum Gasteiger partial charge on any atom is -0.492 e. The van der Waals surface area contributed by atoms with Crippen molar-refractivity contribution >= 4 is 45.1 Å². The predicted octanol–water partition coefficient (Wildman–Crippen LogP) is 4.08. The van der Waals surface area contributed by atoms with Gasteiger partial charge in [0.2, 0.25) is 0 Å². The van der Waals surface area contributed by atoms with Gasteiger partial charge in [-0.2, -0.15) is 0 Å². The number of para-hydroxylation sites is 1. The third-order valence-electron chi connectivity index (χ3n) is 4.10. The summed E-state index contributed by atoms with van der Waals surface area (Å²) in [6, 6.07) is 12.5. The van der Waals surface area contributed by atoms with Gasteiger partial charge in [-0.3, -0.25) is 25.8 Å². The molecule has 0 aliphatic carbocycles. The summed E-state index contributed by atoms with van der Waals surface area (Å²) in [7, 11) is 0. The Morgan fingerprint density at radius 3 is 2.48 bits per heavy atom. The molecule has 0 aromatic heterocycles.